The molecule has 1 aliphatic rings. The number of para-hydroxylation sites is 1. The summed E-state index contributed by atoms with van der Waals surface area (Å²) in [4.78, 5) is 12.8. The zero-order chi connectivity index (χ0) is 18.6. The molecule has 0 spiro atoms. The van der Waals surface area contributed by atoms with Crippen LogP contribution in [0, 0.1) is 0 Å². The third kappa shape index (κ3) is 4.15. The van der Waals surface area contributed by atoms with Crippen LogP contribution in [0.1, 0.15) is 34.3 Å². The fourth-order valence-corrected chi connectivity index (χ4v) is 3.55. The molecule has 1 amide bonds. The monoisotopic (exact) mass is 377 g/mol. The van der Waals surface area contributed by atoms with E-state index in [1.807, 2.05) is 42.5 Å². The van der Waals surface area contributed by atoms with Gasteiger partial charge >= 0.3 is 0 Å². The summed E-state index contributed by atoms with van der Waals surface area (Å²) in [6.07, 6.45) is 4.54. The molecule has 0 radical (unpaired) electrons. The molecule has 3 aromatic rings. The van der Waals surface area contributed by atoms with Crippen molar-refractivity contribution in [3.63, 3.8) is 0 Å². The molecule has 0 saturated heterocycles. The zero-order valence-corrected chi connectivity index (χ0v) is 15.6. The number of carbonyl (C=O) groups is 1. The maximum Gasteiger partial charge on any atom is 0.255 e. The quantitative estimate of drug-likeness (QED) is 0.582. The first-order valence-corrected chi connectivity index (χ1v) is 9.52. The fraction of sp³-hybridized carbons (Fsp3) is 0.174. The summed E-state index contributed by atoms with van der Waals surface area (Å²) in [5, 5.41) is 3.48. The topological polar surface area (TPSA) is 38.3 Å². The molecule has 3 aromatic carbocycles. The Bertz CT molecular complexity index is 969. The van der Waals surface area contributed by atoms with Crippen LogP contribution < -0.4 is 10.1 Å². The SMILES string of the molecule is O=C(Nc1cc(Cl)ccc1Oc1ccccc1)c1ccc2c(c1)CCCC2. The Morgan fingerprint density at radius 3 is 2.48 bits per heavy atom. The number of fused-ring (bicyclic) bond motifs is 1. The van der Waals surface area contributed by atoms with Crippen molar-refractivity contribution < 1.29 is 9.53 Å². The highest BCUT2D eigenvalue weighted by Crippen LogP contribution is 2.32. The summed E-state index contributed by atoms with van der Waals surface area (Å²) < 4.78 is 5.92. The number of ether oxygens (including phenoxy) is 1. The Kier molecular flexibility index (Phi) is 5.12. The van der Waals surface area contributed by atoms with Gasteiger partial charge in [0.05, 0.1) is 5.69 Å². The summed E-state index contributed by atoms with van der Waals surface area (Å²) in [5.41, 5.74) is 3.84. The molecule has 136 valence electrons. The summed E-state index contributed by atoms with van der Waals surface area (Å²) >= 11 is 6.14. The molecular formula is C23H20ClNO2. The van der Waals surface area contributed by atoms with E-state index in [1.165, 1.54) is 24.0 Å². The number of benzene rings is 3. The maximum atomic E-state index is 12.8. The van der Waals surface area contributed by atoms with Gasteiger partial charge in [-0.3, -0.25) is 4.79 Å². The Labute approximate surface area is 163 Å². The van der Waals surface area contributed by atoms with Crippen LogP contribution in [0.2, 0.25) is 5.02 Å². The van der Waals surface area contributed by atoms with Crippen molar-refractivity contribution >= 4 is 23.2 Å². The van der Waals surface area contributed by atoms with Crippen molar-refractivity contribution in [2.75, 3.05) is 5.32 Å². The fourth-order valence-electron chi connectivity index (χ4n) is 3.37. The molecule has 0 fully saturated rings. The summed E-state index contributed by atoms with van der Waals surface area (Å²) in [6.45, 7) is 0. The normalized spacial score (nSPS) is 12.9. The van der Waals surface area contributed by atoms with Gasteiger partial charge in [-0.1, -0.05) is 35.9 Å². The first-order valence-electron chi connectivity index (χ1n) is 9.15. The molecule has 1 aliphatic carbocycles. The average molecular weight is 378 g/mol. The van der Waals surface area contributed by atoms with Crippen LogP contribution in [-0.2, 0) is 12.8 Å². The standard InChI is InChI=1S/C23H20ClNO2/c24-19-12-13-22(27-20-8-2-1-3-9-20)21(15-19)25-23(26)18-11-10-16-6-4-5-7-17(16)14-18/h1-3,8-15H,4-7H2,(H,25,26). The number of hydrogen-bond donors (Lipinski definition) is 1. The van der Waals surface area contributed by atoms with Crippen molar-refractivity contribution in [1.29, 1.82) is 0 Å². The van der Waals surface area contributed by atoms with E-state index in [2.05, 4.69) is 11.4 Å². The summed E-state index contributed by atoms with van der Waals surface area (Å²) in [7, 11) is 0. The number of hydrogen-bond acceptors (Lipinski definition) is 2. The van der Waals surface area contributed by atoms with Crippen LogP contribution in [0.3, 0.4) is 0 Å². The van der Waals surface area contributed by atoms with E-state index >= 15 is 0 Å². The Morgan fingerprint density at radius 1 is 0.889 bits per heavy atom. The lowest BCUT2D eigenvalue weighted by Crippen LogP contribution is -2.14. The molecule has 0 aromatic heterocycles. The second-order valence-corrected chi connectivity index (χ2v) is 7.14. The number of anilines is 1. The molecule has 0 atom stereocenters. The minimum absolute atomic E-state index is 0.163. The predicted octanol–water partition coefficient (Wildman–Crippen LogP) is 6.26. The van der Waals surface area contributed by atoms with Crippen molar-refractivity contribution in [3.8, 4) is 11.5 Å². The molecule has 27 heavy (non-hydrogen) atoms. The maximum absolute atomic E-state index is 12.8. The van der Waals surface area contributed by atoms with Crippen molar-refractivity contribution in [2.24, 2.45) is 0 Å². The van der Waals surface area contributed by atoms with Gasteiger partial charge < -0.3 is 10.1 Å². The third-order valence-electron chi connectivity index (χ3n) is 4.77. The molecule has 0 bridgehead atoms. The van der Waals surface area contributed by atoms with Crippen LogP contribution in [0.5, 0.6) is 11.5 Å². The number of rotatable bonds is 4. The van der Waals surface area contributed by atoms with Gasteiger partial charge in [0.2, 0.25) is 0 Å². The number of aryl methyl sites for hydroxylation is 2. The lowest BCUT2D eigenvalue weighted by Gasteiger charge is -2.17. The number of halogens is 1. The highest BCUT2D eigenvalue weighted by atomic mass is 35.5. The lowest BCUT2D eigenvalue weighted by molar-refractivity contribution is 0.102. The van der Waals surface area contributed by atoms with E-state index in [1.54, 1.807) is 18.2 Å². The Hall–Kier alpha value is -2.78. The zero-order valence-electron chi connectivity index (χ0n) is 14.9. The molecule has 1 N–H and O–H groups in total. The molecule has 0 saturated carbocycles. The van der Waals surface area contributed by atoms with Crippen LogP contribution in [0.4, 0.5) is 5.69 Å². The summed E-state index contributed by atoms with van der Waals surface area (Å²) in [6, 6.07) is 20.6. The molecule has 0 unspecified atom stereocenters. The van der Waals surface area contributed by atoms with Gasteiger partial charge in [0, 0.05) is 10.6 Å². The van der Waals surface area contributed by atoms with E-state index in [-0.39, 0.29) is 5.91 Å². The van der Waals surface area contributed by atoms with Gasteiger partial charge in [-0.05, 0) is 79.3 Å². The van der Waals surface area contributed by atoms with E-state index in [4.69, 9.17) is 16.3 Å². The van der Waals surface area contributed by atoms with Crippen molar-refractivity contribution in [2.45, 2.75) is 25.7 Å². The first kappa shape index (κ1) is 17.6. The number of carbonyl (C=O) groups excluding carboxylic acids is 1. The Balaban J connectivity index is 1.58. The highest BCUT2D eigenvalue weighted by Gasteiger charge is 2.15. The second kappa shape index (κ2) is 7.85. The average Bonchev–Trinajstić information content (AvgIpc) is 2.70. The number of nitrogens with one attached hydrogen (secondary N) is 1. The van der Waals surface area contributed by atoms with Crippen LogP contribution >= 0.6 is 11.6 Å². The second-order valence-electron chi connectivity index (χ2n) is 6.70. The van der Waals surface area contributed by atoms with Crippen LogP contribution in [0.25, 0.3) is 0 Å². The lowest BCUT2D eigenvalue weighted by atomic mass is 9.90. The van der Waals surface area contributed by atoms with E-state index in [9.17, 15) is 4.79 Å². The van der Waals surface area contributed by atoms with Crippen molar-refractivity contribution in [3.05, 3.63) is 88.4 Å². The van der Waals surface area contributed by atoms with Crippen LogP contribution in [-0.4, -0.2) is 5.91 Å². The van der Waals surface area contributed by atoms with Crippen LogP contribution in [0.15, 0.2) is 66.7 Å². The minimum atomic E-state index is -0.163. The third-order valence-corrected chi connectivity index (χ3v) is 5.01. The van der Waals surface area contributed by atoms with Gasteiger partial charge in [0.15, 0.2) is 5.75 Å². The number of amides is 1. The molecule has 4 heteroatoms. The predicted molar refractivity (Wildman–Crippen MR) is 109 cm³/mol. The van der Waals surface area contributed by atoms with Gasteiger partial charge in [0.25, 0.3) is 5.91 Å². The van der Waals surface area contributed by atoms with E-state index in [0.717, 1.165) is 12.8 Å². The molecule has 0 aliphatic heterocycles. The molecule has 0 heterocycles. The molecular weight excluding hydrogens is 358 g/mol. The summed E-state index contributed by atoms with van der Waals surface area (Å²) in [5.74, 6) is 1.09. The first-order chi connectivity index (χ1) is 13.2. The van der Waals surface area contributed by atoms with Gasteiger partial charge in [0.1, 0.15) is 5.75 Å². The van der Waals surface area contributed by atoms with Gasteiger partial charge in [-0.2, -0.15) is 0 Å². The minimum Gasteiger partial charge on any atom is -0.455 e. The molecule has 4 rings (SSSR count). The van der Waals surface area contributed by atoms with E-state index in [0.29, 0.717) is 27.8 Å². The van der Waals surface area contributed by atoms with Crippen molar-refractivity contribution in [1.82, 2.24) is 0 Å². The van der Waals surface area contributed by atoms with E-state index < -0.39 is 0 Å². The smallest absolute Gasteiger partial charge is 0.255 e. The Morgan fingerprint density at radius 2 is 1.67 bits per heavy atom. The largest absolute Gasteiger partial charge is 0.455 e. The molecule has 3 nitrogen and oxygen atoms in total. The highest BCUT2D eigenvalue weighted by molar-refractivity contribution is 6.31. The van der Waals surface area contributed by atoms with Gasteiger partial charge in [-0.25, -0.2) is 0 Å². The van der Waals surface area contributed by atoms with Gasteiger partial charge in [-0.15, -0.1) is 0 Å².